The van der Waals surface area contributed by atoms with E-state index in [0.29, 0.717) is 12.0 Å². The van der Waals surface area contributed by atoms with Gasteiger partial charge in [0.2, 0.25) is 5.69 Å². The molecule has 224 valence electrons. The number of nitrogens with zero attached hydrogens (tertiary/aromatic N) is 3. The highest BCUT2D eigenvalue weighted by molar-refractivity contribution is 6.09. The first-order valence-corrected chi connectivity index (χ1v) is 16.2. The number of aromatic nitrogens is 3. The van der Waals surface area contributed by atoms with Gasteiger partial charge in [-0.25, -0.2) is 0 Å². The minimum atomic E-state index is 0.488. The molecule has 7 aromatic rings. The Morgan fingerprint density at radius 1 is 0.667 bits per heavy atom. The summed E-state index contributed by atoms with van der Waals surface area (Å²) in [6.07, 6.45) is 6.38. The molecule has 3 nitrogen and oxygen atoms in total. The molecular weight excluding hydrogens is 546 g/mol. The summed E-state index contributed by atoms with van der Waals surface area (Å²) in [5, 5.41) is 2.60. The van der Waals surface area contributed by atoms with Crippen molar-refractivity contribution in [2.75, 3.05) is 0 Å². The van der Waals surface area contributed by atoms with Crippen LogP contribution < -0.4 is 4.57 Å². The van der Waals surface area contributed by atoms with E-state index in [9.17, 15) is 0 Å². The Labute approximate surface area is 267 Å². The van der Waals surface area contributed by atoms with Gasteiger partial charge in [-0.05, 0) is 61.4 Å². The highest BCUT2D eigenvalue weighted by Gasteiger charge is 2.27. The van der Waals surface area contributed by atoms with E-state index in [0.717, 1.165) is 17.7 Å². The maximum absolute atomic E-state index is 4.25. The van der Waals surface area contributed by atoms with E-state index < -0.39 is 0 Å². The normalized spacial score (nSPS) is 12.4. The van der Waals surface area contributed by atoms with Crippen molar-refractivity contribution in [1.82, 2.24) is 9.55 Å². The van der Waals surface area contributed by atoms with Crippen molar-refractivity contribution in [3.63, 3.8) is 0 Å². The van der Waals surface area contributed by atoms with Crippen LogP contribution in [0.5, 0.6) is 0 Å². The average molecular weight is 589 g/mol. The third kappa shape index (κ3) is 6.17. The summed E-state index contributed by atoms with van der Waals surface area (Å²) in [7, 11) is 0. The fourth-order valence-electron chi connectivity index (χ4n) is 6.49. The Morgan fingerprint density at radius 2 is 1.31 bits per heavy atom. The number of aryl methyl sites for hydroxylation is 1. The second-order valence-corrected chi connectivity index (χ2v) is 11.8. The molecule has 45 heavy (non-hydrogen) atoms. The van der Waals surface area contributed by atoms with Crippen LogP contribution in [0, 0.1) is 12.8 Å². The molecule has 0 saturated heterocycles. The smallest absolute Gasteiger partial charge is 0.213 e. The highest BCUT2D eigenvalue weighted by Crippen LogP contribution is 2.34. The largest absolute Gasteiger partial charge is 0.309 e. The van der Waals surface area contributed by atoms with E-state index in [2.05, 4.69) is 145 Å². The molecule has 0 spiro atoms. The number of benzene rings is 4. The molecule has 2 atom stereocenters. The second-order valence-electron chi connectivity index (χ2n) is 11.8. The molecule has 3 aromatic heterocycles. The van der Waals surface area contributed by atoms with Crippen molar-refractivity contribution in [3.05, 3.63) is 151 Å². The first kappa shape index (κ1) is 30.0. The number of hydrogen-bond acceptors (Lipinski definition) is 1. The van der Waals surface area contributed by atoms with Crippen molar-refractivity contribution in [2.24, 2.45) is 5.92 Å². The monoisotopic (exact) mass is 588 g/mol. The molecule has 2 unspecified atom stereocenters. The Hall–Kier alpha value is -5.02. The van der Waals surface area contributed by atoms with Crippen molar-refractivity contribution >= 4 is 21.8 Å². The third-order valence-corrected chi connectivity index (χ3v) is 9.04. The summed E-state index contributed by atoms with van der Waals surface area (Å²) in [5.41, 5.74) is 9.80. The van der Waals surface area contributed by atoms with Gasteiger partial charge in [-0.2, -0.15) is 4.57 Å². The first-order valence-electron chi connectivity index (χ1n) is 16.2. The van der Waals surface area contributed by atoms with Crippen LogP contribution in [0.1, 0.15) is 45.2 Å². The minimum Gasteiger partial charge on any atom is -0.309 e. The maximum Gasteiger partial charge on any atom is 0.213 e. The standard InChI is InChI=1S/C31H33N2.C11H9N/c1-5-22(3)28(6-2)32-20-12-11-15-29(32)27-21-24(19-18-23(27)4)33-30-16-9-7-13-25(30)26-14-8-10-17-31(26)33;1-2-6-10(7-3-1)11-8-4-5-9-12-11/h7-22,28H,5-6H2,1-4H3;1-9H/q+1;. The van der Waals surface area contributed by atoms with E-state index in [1.807, 2.05) is 42.6 Å². The van der Waals surface area contributed by atoms with Gasteiger partial charge in [-0.1, -0.05) is 99.6 Å². The molecule has 0 amide bonds. The van der Waals surface area contributed by atoms with E-state index in [4.69, 9.17) is 0 Å². The SMILES string of the molecule is CCC(C)C(CC)[n+]1ccccc1-c1cc(-n2c3ccccc3c3ccccc32)ccc1C.c1ccc(-c2ccccn2)cc1. The fraction of sp³-hybridized carbons (Fsp3) is 0.190. The summed E-state index contributed by atoms with van der Waals surface area (Å²) in [5.74, 6) is 0.627. The van der Waals surface area contributed by atoms with Crippen LogP contribution in [0.15, 0.2) is 146 Å². The zero-order valence-corrected chi connectivity index (χ0v) is 26.8. The van der Waals surface area contributed by atoms with Gasteiger partial charge in [0.1, 0.15) is 0 Å². The van der Waals surface area contributed by atoms with Crippen molar-refractivity contribution in [3.8, 4) is 28.2 Å². The Morgan fingerprint density at radius 3 is 1.96 bits per heavy atom. The van der Waals surface area contributed by atoms with Crippen molar-refractivity contribution in [2.45, 2.75) is 46.6 Å². The topological polar surface area (TPSA) is 21.7 Å². The predicted molar refractivity (Wildman–Crippen MR) is 190 cm³/mol. The summed E-state index contributed by atoms with van der Waals surface area (Å²) in [6.45, 7) is 9.21. The number of rotatable bonds is 7. The predicted octanol–water partition coefficient (Wildman–Crippen LogP) is 10.8. The summed E-state index contributed by atoms with van der Waals surface area (Å²) in [4.78, 5) is 4.25. The number of pyridine rings is 2. The Balaban J connectivity index is 0.000000248. The molecule has 0 radical (unpaired) electrons. The number of para-hydroxylation sites is 2. The van der Waals surface area contributed by atoms with E-state index in [-0.39, 0.29) is 0 Å². The molecule has 0 aliphatic carbocycles. The first-order chi connectivity index (χ1) is 22.1. The third-order valence-electron chi connectivity index (χ3n) is 9.04. The average Bonchev–Trinajstić information content (AvgIpc) is 3.44. The van der Waals surface area contributed by atoms with Crippen LogP contribution in [0.3, 0.4) is 0 Å². The van der Waals surface area contributed by atoms with Crippen LogP contribution in [0.2, 0.25) is 0 Å². The summed E-state index contributed by atoms with van der Waals surface area (Å²) >= 11 is 0. The van der Waals surface area contributed by atoms with Gasteiger partial charge < -0.3 is 4.57 Å². The molecule has 0 fully saturated rings. The highest BCUT2D eigenvalue weighted by atomic mass is 15.0. The van der Waals surface area contributed by atoms with Crippen LogP contribution in [-0.2, 0) is 0 Å². The van der Waals surface area contributed by atoms with Crippen molar-refractivity contribution < 1.29 is 4.57 Å². The maximum atomic E-state index is 4.25. The van der Waals surface area contributed by atoms with Gasteiger partial charge in [-0.3, -0.25) is 4.98 Å². The minimum absolute atomic E-state index is 0.488. The van der Waals surface area contributed by atoms with Crippen LogP contribution in [-0.4, -0.2) is 9.55 Å². The Bertz CT molecular complexity index is 1920. The molecule has 3 heterocycles. The summed E-state index contributed by atoms with van der Waals surface area (Å²) in [6, 6.07) is 47.6. The molecule has 4 aromatic carbocycles. The molecular formula is C42H42N3+. The molecule has 0 aliphatic heterocycles. The molecule has 3 heteroatoms. The molecule has 0 N–H and O–H groups in total. The van der Waals surface area contributed by atoms with Crippen LogP contribution in [0.25, 0.3) is 50.0 Å². The lowest BCUT2D eigenvalue weighted by molar-refractivity contribution is -0.720. The number of fused-ring (bicyclic) bond motifs is 3. The van der Waals surface area contributed by atoms with E-state index in [1.165, 1.54) is 50.7 Å². The van der Waals surface area contributed by atoms with Crippen molar-refractivity contribution in [1.29, 1.82) is 0 Å². The molecule has 0 aliphatic rings. The lowest BCUT2D eigenvalue weighted by atomic mass is 9.95. The lowest BCUT2D eigenvalue weighted by Gasteiger charge is -2.20. The van der Waals surface area contributed by atoms with Crippen LogP contribution in [0.4, 0.5) is 0 Å². The number of hydrogen-bond donors (Lipinski definition) is 0. The van der Waals surface area contributed by atoms with Gasteiger partial charge >= 0.3 is 0 Å². The molecule has 7 rings (SSSR count). The van der Waals surface area contributed by atoms with E-state index in [1.54, 1.807) is 0 Å². The summed E-state index contributed by atoms with van der Waals surface area (Å²) < 4.78 is 4.92. The van der Waals surface area contributed by atoms with Gasteiger partial charge in [0.25, 0.3) is 0 Å². The quantitative estimate of drug-likeness (QED) is 0.170. The van der Waals surface area contributed by atoms with Gasteiger partial charge in [0.05, 0.1) is 22.3 Å². The fourth-order valence-corrected chi connectivity index (χ4v) is 6.49. The zero-order chi connectivity index (χ0) is 31.2. The molecule has 0 saturated carbocycles. The van der Waals surface area contributed by atoms with E-state index >= 15 is 0 Å². The Kier molecular flexibility index (Phi) is 9.17. The zero-order valence-electron chi connectivity index (χ0n) is 26.8. The van der Waals surface area contributed by atoms with Gasteiger partial charge in [0, 0.05) is 52.7 Å². The van der Waals surface area contributed by atoms with Crippen LogP contribution >= 0.6 is 0 Å². The molecule has 0 bridgehead atoms. The second kappa shape index (κ2) is 13.7. The van der Waals surface area contributed by atoms with Gasteiger partial charge in [-0.15, -0.1) is 0 Å². The lowest BCUT2D eigenvalue weighted by Crippen LogP contribution is -2.44. The van der Waals surface area contributed by atoms with Gasteiger partial charge in [0.15, 0.2) is 12.2 Å².